The number of nitrogens with one attached hydrogen (secondary N) is 1. The zero-order valence-corrected chi connectivity index (χ0v) is 7.63. The standard InChI is InChI=1S/C10H11FN2/c1-6(2)10-8-4-3-7(11)5-9(8)12-13-10/h3-6H,1-2H3,(H,12,13). The highest BCUT2D eigenvalue weighted by molar-refractivity contribution is 5.81. The number of aromatic amines is 1. The number of rotatable bonds is 1. The minimum Gasteiger partial charge on any atom is -0.281 e. The number of hydrogen-bond acceptors (Lipinski definition) is 1. The van der Waals surface area contributed by atoms with E-state index in [-0.39, 0.29) is 5.82 Å². The molecule has 0 aliphatic rings. The van der Waals surface area contributed by atoms with Crippen LogP contribution in [0, 0.1) is 5.82 Å². The third-order valence-electron chi connectivity index (χ3n) is 2.12. The van der Waals surface area contributed by atoms with E-state index in [1.54, 1.807) is 6.07 Å². The van der Waals surface area contributed by atoms with E-state index in [4.69, 9.17) is 0 Å². The second-order valence-electron chi connectivity index (χ2n) is 3.45. The van der Waals surface area contributed by atoms with Crippen molar-refractivity contribution < 1.29 is 4.39 Å². The van der Waals surface area contributed by atoms with E-state index in [1.165, 1.54) is 12.1 Å². The van der Waals surface area contributed by atoms with Gasteiger partial charge in [-0.2, -0.15) is 5.10 Å². The van der Waals surface area contributed by atoms with Gasteiger partial charge in [0.25, 0.3) is 0 Å². The number of H-pyrrole nitrogens is 1. The second-order valence-corrected chi connectivity index (χ2v) is 3.45. The highest BCUT2D eigenvalue weighted by Gasteiger charge is 2.08. The Morgan fingerprint density at radius 3 is 2.85 bits per heavy atom. The number of benzene rings is 1. The van der Waals surface area contributed by atoms with Gasteiger partial charge in [0.15, 0.2) is 0 Å². The molecule has 3 heteroatoms. The first-order chi connectivity index (χ1) is 6.18. The molecule has 2 nitrogen and oxygen atoms in total. The summed E-state index contributed by atoms with van der Waals surface area (Å²) in [5.74, 6) is 0.143. The molecular formula is C10H11FN2. The predicted molar refractivity (Wildman–Crippen MR) is 50.1 cm³/mol. The normalized spacial score (nSPS) is 11.4. The molecule has 2 aromatic rings. The van der Waals surface area contributed by atoms with Crippen LogP contribution in [0.15, 0.2) is 18.2 Å². The maximum atomic E-state index is 12.8. The van der Waals surface area contributed by atoms with Crippen LogP contribution >= 0.6 is 0 Å². The van der Waals surface area contributed by atoms with E-state index < -0.39 is 0 Å². The van der Waals surface area contributed by atoms with Gasteiger partial charge >= 0.3 is 0 Å². The van der Waals surface area contributed by atoms with Crippen LogP contribution in [0.4, 0.5) is 4.39 Å². The summed E-state index contributed by atoms with van der Waals surface area (Å²) in [7, 11) is 0. The summed E-state index contributed by atoms with van der Waals surface area (Å²) in [6.07, 6.45) is 0. The molecule has 68 valence electrons. The summed E-state index contributed by atoms with van der Waals surface area (Å²) in [6.45, 7) is 4.16. The Kier molecular flexibility index (Phi) is 1.79. The monoisotopic (exact) mass is 178 g/mol. The van der Waals surface area contributed by atoms with Gasteiger partial charge in [0.05, 0.1) is 5.52 Å². The third-order valence-corrected chi connectivity index (χ3v) is 2.12. The average molecular weight is 178 g/mol. The van der Waals surface area contributed by atoms with E-state index in [0.29, 0.717) is 11.4 Å². The van der Waals surface area contributed by atoms with Crippen molar-refractivity contribution in [2.75, 3.05) is 0 Å². The van der Waals surface area contributed by atoms with Crippen LogP contribution in [0.1, 0.15) is 25.5 Å². The topological polar surface area (TPSA) is 28.7 Å². The molecule has 1 heterocycles. The lowest BCUT2D eigenvalue weighted by Crippen LogP contribution is -1.87. The van der Waals surface area contributed by atoms with Gasteiger partial charge in [-0.3, -0.25) is 5.10 Å². The van der Waals surface area contributed by atoms with E-state index in [1.807, 2.05) is 0 Å². The first kappa shape index (κ1) is 8.23. The Morgan fingerprint density at radius 2 is 2.15 bits per heavy atom. The Labute approximate surface area is 75.8 Å². The molecule has 0 saturated carbocycles. The molecule has 0 aliphatic heterocycles. The molecule has 0 unspecified atom stereocenters. The van der Waals surface area contributed by atoms with Gasteiger partial charge in [-0.15, -0.1) is 0 Å². The van der Waals surface area contributed by atoms with Gasteiger partial charge in [-0.05, 0) is 18.1 Å². The summed E-state index contributed by atoms with van der Waals surface area (Å²) in [6, 6.07) is 4.67. The van der Waals surface area contributed by atoms with Crippen LogP contribution in [0.2, 0.25) is 0 Å². The Balaban J connectivity index is 2.69. The first-order valence-electron chi connectivity index (χ1n) is 4.32. The van der Waals surface area contributed by atoms with Crippen LogP contribution in [0.3, 0.4) is 0 Å². The molecule has 0 bridgehead atoms. The molecule has 0 spiro atoms. The highest BCUT2D eigenvalue weighted by atomic mass is 19.1. The molecule has 1 aromatic heterocycles. The molecule has 0 aliphatic carbocycles. The molecule has 0 fully saturated rings. The lowest BCUT2D eigenvalue weighted by atomic mass is 10.1. The summed E-state index contributed by atoms with van der Waals surface area (Å²) in [5.41, 5.74) is 1.76. The number of halogens is 1. The molecule has 1 N–H and O–H groups in total. The van der Waals surface area contributed by atoms with Crippen LogP contribution in [0.25, 0.3) is 10.9 Å². The third kappa shape index (κ3) is 1.30. The minimum atomic E-state index is -0.241. The van der Waals surface area contributed by atoms with Gasteiger partial charge in [-0.25, -0.2) is 4.39 Å². The van der Waals surface area contributed by atoms with Crippen molar-refractivity contribution in [2.24, 2.45) is 0 Å². The second kappa shape index (κ2) is 2.83. The SMILES string of the molecule is CC(C)c1[nH]nc2cc(F)ccc12. The zero-order chi connectivity index (χ0) is 9.42. The van der Waals surface area contributed by atoms with Crippen molar-refractivity contribution in [1.82, 2.24) is 10.2 Å². The fraction of sp³-hybridized carbons (Fsp3) is 0.300. The summed E-state index contributed by atoms with van der Waals surface area (Å²) in [5, 5.41) is 7.97. The van der Waals surface area contributed by atoms with Crippen LogP contribution in [-0.4, -0.2) is 10.2 Å². The minimum absolute atomic E-state index is 0.241. The fourth-order valence-electron chi connectivity index (χ4n) is 1.45. The van der Waals surface area contributed by atoms with Crippen molar-refractivity contribution in [2.45, 2.75) is 19.8 Å². The number of fused-ring (bicyclic) bond motifs is 1. The van der Waals surface area contributed by atoms with E-state index in [2.05, 4.69) is 24.0 Å². The maximum Gasteiger partial charge on any atom is 0.125 e. The lowest BCUT2D eigenvalue weighted by Gasteiger charge is -2.00. The van der Waals surface area contributed by atoms with Crippen LogP contribution in [-0.2, 0) is 0 Å². The van der Waals surface area contributed by atoms with Gasteiger partial charge in [0.1, 0.15) is 5.82 Å². The molecule has 2 rings (SSSR count). The van der Waals surface area contributed by atoms with Crippen LogP contribution in [0.5, 0.6) is 0 Å². The quantitative estimate of drug-likeness (QED) is 0.714. The predicted octanol–water partition coefficient (Wildman–Crippen LogP) is 2.83. The molecule has 0 radical (unpaired) electrons. The van der Waals surface area contributed by atoms with Gasteiger partial charge in [0.2, 0.25) is 0 Å². The summed E-state index contributed by atoms with van der Waals surface area (Å²) < 4.78 is 12.8. The van der Waals surface area contributed by atoms with Crippen molar-refractivity contribution in [3.8, 4) is 0 Å². The van der Waals surface area contributed by atoms with Crippen molar-refractivity contribution >= 4 is 10.9 Å². The van der Waals surface area contributed by atoms with Crippen molar-refractivity contribution in [1.29, 1.82) is 0 Å². The molecule has 0 atom stereocenters. The van der Waals surface area contributed by atoms with Crippen molar-refractivity contribution in [3.05, 3.63) is 29.7 Å². The Bertz CT molecular complexity index is 431. The van der Waals surface area contributed by atoms with Gasteiger partial charge < -0.3 is 0 Å². The Hall–Kier alpha value is -1.38. The average Bonchev–Trinajstić information content (AvgIpc) is 2.46. The lowest BCUT2D eigenvalue weighted by molar-refractivity contribution is 0.629. The number of hydrogen-bond donors (Lipinski definition) is 1. The molecule has 1 aromatic carbocycles. The molecular weight excluding hydrogens is 167 g/mol. The summed E-state index contributed by atoms with van der Waals surface area (Å²) in [4.78, 5) is 0. The van der Waals surface area contributed by atoms with Crippen molar-refractivity contribution in [3.63, 3.8) is 0 Å². The molecule has 0 saturated heterocycles. The van der Waals surface area contributed by atoms with E-state index in [0.717, 1.165) is 11.1 Å². The molecule has 13 heavy (non-hydrogen) atoms. The summed E-state index contributed by atoms with van der Waals surface area (Å²) >= 11 is 0. The van der Waals surface area contributed by atoms with Gasteiger partial charge in [0, 0.05) is 17.1 Å². The first-order valence-corrected chi connectivity index (χ1v) is 4.32. The number of aromatic nitrogens is 2. The van der Waals surface area contributed by atoms with E-state index >= 15 is 0 Å². The van der Waals surface area contributed by atoms with Gasteiger partial charge in [-0.1, -0.05) is 13.8 Å². The maximum absolute atomic E-state index is 12.8. The largest absolute Gasteiger partial charge is 0.281 e. The smallest absolute Gasteiger partial charge is 0.125 e. The van der Waals surface area contributed by atoms with Crippen LogP contribution < -0.4 is 0 Å². The molecule has 0 amide bonds. The number of nitrogens with zero attached hydrogens (tertiary/aromatic N) is 1. The zero-order valence-electron chi connectivity index (χ0n) is 7.63. The van der Waals surface area contributed by atoms with E-state index in [9.17, 15) is 4.39 Å². The highest BCUT2D eigenvalue weighted by Crippen LogP contribution is 2.22. The fourth-order valence-corrected chi connectivity index (χ4v) is 1.45. The Morgan fingerprint density at radius 1 is 1.38 bits per heavy atom.